The second-order valence-corrected chi connectivity index (χ2v) is 5.07. The maximum atomic E-state index is 11.5. The topological polar surface area (TPSA) is 73.6 Å². The first-order valence-corrected chi connectivity index (χ1v) is 6.77. The number of ether oxygens (including phenoxy) is 2. The Hall–Kier alpha value is -1.46. The Morgan fingerprint density at radius 1 is 1.45 bits per heavy atom. The van der Waals surface area contributed by atoms with Crippen LogP contribution in [-0.4, -0.2) is 32.2 Å². The average Bonchev–Trinajstić information content (AvgIpc) is 2.39. The summed E-state index contributed by atoms with van der Waals surface area (Å²) in [5.41, 5.74) is 6.73. The van der Waals surface area contributed by atoms with Gasteiger partial charge in [-0.1, -0.05) is 11.6 Å². The SMILES string of the molecule is CNC(=O)C(C)Oc1c(Cl)cc(CC(C)N)cc1OC. The molecule has 6 heteroatoms. The fourth-order valence-corrected chi connectivity index (χ4v) is 2.09. The molecule has 0 aromatic heterocycles. The smallest absolute Gasteiger partial charge is 0.260 e. The highest BCUT2D eigenvalue weighted by molar-refractivity contribution is 6.32. The summed E-state index contributed by atoms with van der Waals surface area (Å²) in [5.74, 6) is 0.616. The zero-order chi connectivity index (χ0) is 15.3. The number of nitrogens with one attached hydrogen (secondary N) is 1. The van der Waals surface area contributed by atoms with Crippen LogP contribution in [0.25, 0.3) is 0 Å². The van der Waals surface area contributed by atoms with Gasteiger partial charge in [-0.15, -0.1) is 0 Å². The summed E-state index contributed by atoms with van der Waals surface area (Å²) in [4.78, 5) is 11.5. The summed E-state index contributed by atoms with van der Waals surface area (Å²) in [6.45, 7) is 3.56. The number of hydrogen-bond donors (Lipinski definition) is 2. The molecular formula is C14H21ClN2O3. The normalized spacial score (nSPS) is 13.5. The van der Waals surface area contributed by atoms with Crippen LogP contribution >= 0.6 is 11.6 Å². The van der Waals surface area contributed by atoms with E-state index in [0.717, 1.165) is 5.56 Å². The molecule has 0 spiro atoms. The summed E-state index contributed by atoms with van der Waals surface area (Å²) >= 11 is 6.21. The van der Waals surface area contributed by atoms with Crippen molar-refractivity contribution in [3.05, 3.63) is 22.7 Å². The summed E-state index contributed by atoms with van der Waals surface area (Å²) in [6, 6.07) is 3.62. The molecular weight excluding hydrogens is 280 g/mol. The van der Waals surface area contributed by atoms with Gasteiger partial charge in [0.05, 0.1) is 12.1 Å². The number of hydrogen-bond acceptors (Lipinski definition) is 4. The summed E-state index contributed by atoms with van der Waals surface area (Å²) in [6.07, 6.45) is 0.0205. The molecule has 0 aliphatic rings. The van der Waals surface area contributed by atoms with Gasteiger partial charge in [-0.25, -0.2) is 0 Å². The molecule has 1 amide bonds. The maximum Gasteiger partial charge on any atom is 0.260 e. The number of methoxy groups -OCH3 is 1. The lowest BCUT2D eigenvalue weighted by Crippen LogP contribution is -2.33. The molecule has 0 saturated carbocycles. The largest absolute Gasteiger partial charge is 0.493 e. The molecule has 2 atom stereocenters. The minimum absolute atomic E-state index is 0.0207. The Bertz CT molecular complexity index is 478. The van der Waals surface area contributed by atoms with E-state index in [0.29, 0.717) is 22.9 Å². The standard InChI is InChI=1S/C14H21ClN2O3/c1-8(16)5-10-6-11(15)13(12(7-10)19-4)20-9(2)14(18)17-3/h6-9H,5,16H2,1-4H3,(H,17,18). The summed E-state index contributed by atoms with van der Waals surface area (Å²) in [7, 11) is 3.07. The Kier molecular flexibility index (Phi) is 6.10. The molecule has 20 heavy (non-hydrogen) atoms. The molecule has 0 fully saturated rings. The molecule has 2 unspecified atom stereocenters. The van der Waals surface area contributed by atoms with E-state index in [1.165, 1.54) is 7.11 Å². The van der Waals surface area contributed by atoms with Gasteiger partial charge >= 0.3 is 0 Å². The van der Waals surface area contributed by atoms with Gasteiger partial charge in [-0.2, -0.15) is 0 Å². The highest BCUT2D eigenvalue weighted by Gasteiger charge is 2.19. The van der Waals surface area contributed by atoms with Gasteiger partial charge < -0.3 is 20.5 Å². The van der Waals surface area contributed by atoms with Crippen molar-refractivity contribution in [3.63, 3.8) is 0 Å². The van der Waals surface area contributed by atoms with Crippen LogP contribution in [0.1, 0.15) is 19.4 Å². The molecule has 1 aromatic rings. The van der Waals surface area contributed by atoms with Crippen LogP contribution < -0.4 is 20.5 Å². The van der Waals surface area contributed by atoms with Crippen LogP contribution in [0.5, 0.6) is 11.5 Å². The molecule has 0 aliphatic carbocycles. The average molecular weight is 301 g/mol. The minimum atomic E-state index is -0.661. The molecule has 1 aromatic carbocycles. The number of carbonyl (C=O) groups excluding carboxylic acids is 1. The van der Waals surface area contributed by atoms with Gasteiger partial charge in [0.25, 0.3) is 5.91 Å². The number of halogens is 1. The third kappa shape index (κ3) is 4.28. The van der Waals surface area contributed by atoms with E-state index in [9.17, 15) is 4.79 Å². The van der Waals surface area contributed by atoms with Crippen LogP contribution in [0.4, 0.5) is 0 Å². The number of amides is 1. The van der Waals surface area contributed by atoms with E-state index in [2.05, 4.69) is 5.32 Å². The van der Waals surface area contributed by atoms with Crippen LogP contribution in [0.15, 0.2) is 12.1 Å². The maximum absolute atomic E-state index is 11.5. The lowest BCUT2D eigenvalue weighted by Gasteiger charge is -2.18. The Balaban J connectivity index is 3.04. The first kappa shape index (κ1) is 16.6. The third-order valence-corrected chi connectivity index (χ3v) is 3.04. The quantitative estimate of drug-likeness (QED) is 0.839. The van der Waals surface area contributed by atoms with Crippen molar-refractivity contribution in [3.8, 4) is 11.5 Å². The monoisotopic (exact) mass is 300 g/mol. The summed E-state index contributed by atoms with van der Waals surface area (Å²) < 4.78 is 10.9. The Morgan fingerprint density at radius 3 is 2.60 bits per heavy atom. The number of likely N-dealkylation sites (N-methyl/N-ethyl adjacent to an activating group) is 1. The van der Waals surface area contributed by atoms with E-state index in [4.69, 9.17) is 26.8 Å². The Labute approximate surface area is 124 Å². The highest BCUT2D eigenvalue weighted by atomic mass is 35.5. The minimum Gasteiger partial charge on any atom is -0.493 e. The number of benzene rings is 1. The second-order valence-electron chi connectivity index (χ2n) is 4.66. The summed E-state index contributed by atoms with van der Waals surface area (Å²) in [5, 5.41) is 2.91. The van der Waals surface area contributed by atoms with Gasteiger partial charge in [-0.05, 0) is 38.0 Å². The predicted octanol–water partition coefficient (Wildman–Crippen LogP) is 1.75. The Morgan fingerprint density at radius 2 is 2.10 bits per heavy atom. The zero-order valence-electron chi connectivity index (χ0n) is 12.2. The molecule has 0 bridgehead atoms. The van der Waals surface area contributed by atoms with Crippen LogP contribution in [-0.2, 0) is 11.2 Å². The van der Waals surface area contributed by atoms with Gasteiger partial charge in [0.1, 0.15) is 0 Å². The van der Waals surface area contributed by atoms with Gasteiger partial charge in [0.2, 0.25) is 0 Å². The van der Waals surface area contributed by atoms with E-state index in [1.807, 2.05) is 13.0 Å². The van der Waals surface area contributed by atoms with Crippen molar-refractivity contribution in [2.75, 3.05) is 14.2 Å². The molecule has 3 N–H and O–H groups in total. The molecule has 0 aliphatic heterocycles. The molecule has 0 heterocycles. The van der Waals surface area contributed by atoms with Crippen molar-refractivity contribution >= 4 is 17.5 Å². The number of nitrogens with two attached hydrogens (primary N) is 1. The zero-order valence-corrected chi connectivity index (χ0v) is 13.0. The first-order valence-electron chi connectivity index (χ1n) is 6.39. The van der Waals surface area contributed by atoms with Crippen LogP contribution in [0, 0.1) is 0 Å². The van der Waals surface area contributed by atoms with Gasteiger partial charge in [0.15, 0.2) is 17.6 Å². The highest BCUT2D eigenvalue weighted by Crippen LogP contribution is 2.37. The molecule has 112 valence electrons. The van der Waals surface area contributed by atoms with Gasteiger partial charge in [-0.3, -0.25) is 4.79 Å². The van der Waals surface area contributed by atoms with Crippen molar-refractivity contribution in [2.45, 2.75) is 32.4 Å². The molecule has 0 saturated heterocycles. The van der Waals surface area contributed by atoms with E-state index >= 15 is 0 Å². The lowest BCUT2D eigenvalue weighted by molar-refractivity contribution is -0.126. The fourth-order valence-electron chi connectivity index (χ4n) is 1.81. The first-order chi connectivity index (χ1) is 9.38. The van der Waals surface area contributed by atoms with E-state index < -0.39 is 6.10 Å². The number of carbonyl (C=O) groups is 1. The molecule has 1 rings (SSSR count). The van der Waals surface area contributed by atoms with E-state index in [1.54, 1.807) is 20.0 Å². The molecule has 5 nitrogen and oxygen atoms in total. The van der Waals surface area contributed by atoms with Crippen molar-refractivity contribution in [2.24, 2.45) is 5.73 Å². The van der Waals surface area contributed by atoms with Crippen LogP contribution in [0.2, 0.25) is 5.02 Å². The third-order valence-electron chi connectivity index (χ3n) is 2.76. The van der Waals surface area contributed by atoms with E-state index in [-0.39, 0.29) is 11.9 Å². The lowest BCUT2D eigenvalue weighted by atomic mass is 10.1. The van der Waals surface area contributed by atoms with Crippen LogP contribution in [0.3, 0.4) is 0 Å². The second kappa shape index (κ2) is 7.36. The van der Waals surface area contributed by atoms with Crippen molar-refractivity contribution in [1.29, 1.82) is 0 Å². The fraction of sp³-hybridized carbons (Fsp3) is 0.500. The van der Waals surface area contributed by atoms with Gasteiger partial charge in [0, 0.05) is 13.1 Å². The molecule has 0 radical (unpaired) electrons. The predicted molar refractivity (Wildman–Crippen MR) is 79.5 cm³/mol. The van der Waals surface area contributed by atoms with Crippen molar-refractivity contribution in [1.82, 2.24) is 5.32 Å². The van der Waals surface area contributed by atoms with Crippen molar-refractivity contribution < 1.29 is 14.3 Å². The number of rotatable bonds is 6.